The summed E-state index contributed by atoms with van der Waals surface area (Å²) in [6.45, 7) is 0.466. The van der Waals surface area contributed by atoms with Crippen LogP contribution in [0.3, 0.4) is 0 Å². The van der Waals surface area contributed by atoms with Crippen LogP contribution >= 0.6 is 0 Å². The van der Waals surface area contributed by atoms with Gasteiger partial charge in [-0.15, -0.1) is 0 Å². The fraction of sp³-hybridized carbons (Fsp3) is 0.455. The zero-order chi connectivity index (χ0) is 10.7. The van der Waals surface area contributed by atoms with E-state index in [2.05, 4.69) is 5.32 Å². The number of hydrogen-bond donors (Lipinski definition) is 1. The van der Waals surface area contributed by atoms with Crippen LogP contribution in [0, 0.1) is 0 Å². The second-order valence-electron chi connectivity index (χ2n) is 3.46. The number of benzene rings is 1. The third kappa shape index (κ3) is 2.21. The van der Waals surface area contributed by atoms with E-state index >= 15 is 0 Å². The second kappa shape index (κ2) is 4.49. The first-order valence-corrected chi connectivity index (χ1v) is 4.96. The quantitative estimate of drug-likeness (QED) is 0.831. The van der Waals surface area contributed by atoms with E-state index in [4.69, 9.17) is 9.47 Å². The highest BCUT2D eigenvalue weighted by molar-refractivity contribution is 5.56. The van der Waals surface area contributed by atoms with E-state index in [0.717, 1.165) is 11.4 Å². The first-order valence-electron chi connectivity index (χ1n) is 4.96. The Morgan fingerprint density at radius 1 is 1.47 bits per heavy atom. The van der Waals surface area contributed by atoms with Crippen molar-refractivity contribution in [1.82, 2.24) is 0 Å². The zero-order valence-corrected chi connectivity index (χ0v) is 8.57. The van der Waals surface area contributed by atoms with Crippen molar-refractivity contribution in [1.29, 1.82) is 0 Å². The molecule has 0 bridgehead atoms. The maximum absolute atomic E-state index is 13.2. The van der Waals surface area contributed by atoms with Gasteiger partial charge >= 0.3 is 0 Å². The summed E-state index contributed by atoms with van der Waals surface area (Å²) in [5, 5.41) is 3.09. The molecule has 2 unspecified atom stereocenters. The summed E-state index contributed by atoms with van der Waals surface area (Å²) in [6, 6.07) is 7.19. The molecule has 0 aliphatic carbocycles. The van der Waals surface area contributed by atoms with Gasteiger partial charge in [-0.3, -0.25) is 0 Å². The van der Waals surface area contributed by atoms with Gasteiger partial charge in [0.1, 0.15) is 5.75 Å². The number of methoxy groups -OCH3 is 1. The van der Waals surface area contributed by atoms with Crippen LogP contribution in [0.25, 0.3) is 0 Å². The molecular weight excluding hydrogens is 197 g/mol. The minimum atomic E-state index is -1.23. The monoisotopic (exact) mass is 211 g/mol. The first kappa shape index (κ1) is 10.2. The Balaban J connectivity index is 2.09. The Kier molecular flexibility index (Phi) is 3.06. The molecule has 0 saturated carbocycles. The molecule has 1 aliphatic rings. The molecule has 15 heavy (non-hydrogen) atoms. The molecule has 1 aliphatic heterocycles. The second-order valence-corrected chi connectivity index (χ2v) is 3.46. The van der Waals surface area contributed by atoms with Gasteiger partial charge < -0.3 is 14.8 Å². The van der Waals surface area contributed by atoms with E-state index in [1.54, 1.807) is 7.11 Å². The van der Waals surface area contributed by atoms with Gasteiger partial charge in [0.05, 0.1) is 25.4 Å². The average molecular weight is 211 g/mol. The molecule has 1 heterocycles. The SMILES string of the molecule is COc1ccccc1NC1CCOC1F. The topological polar surface area (TPSA) is 30.5 Å². The molecule has 82 valence electrons. The molecule has 1 aromatic carbocycles. The van der Waals surface area contributed by atoms with Crippen molar-refractivity contribution in [2.24, 2.45) is 0 Å². The molecule has 2 rings (SSSR count). The first-order chi connectivity index (χ1) is 7.31. The van der Waals surface area contributed by atoms with E-state index in [1.165, 1.54) is 0 Å². The minimum Gasteiger partial charge on any atom is -0.495 e. The molecule has 0 aromatic heterocycles. The average Bonchev–Trinajstić information content (AvgIpc) is 2.65. The molecule has 1 saturated heterocycles. The van der Waals surface area contributed by atoms with Crippen LogP contribution in [-0.4, -0.2) is 26.1 Å². The lowest BCUT2D eigenvalue weighted by atomic mass is 10.2. The van der Waals surface area contributed by atoms with E-state index in [-0.39, 0.29) is 6.04 Å². The summed E-state index contributed by atoms with van der Waals surface area (Å²) in [5.74, 6) is 0.719. The van der Waals surface area contributed by atoms with Gasteiger partial charge in [-0.25, -0.2) is 4.39 Å². The summed E-state index contributed by atoms with van der Waals surface area (Å²) in [6.07, 6.45) is -0.547. The molecule has 1 fully saturated rings. The van der Waals surface area contributed by atoms with Gasteiger partial charge in [0, 0.05) is 0 Å². The molecule has 2 atom stereocenters. The van der Waals surface area contributed by atoms with E-state index in [1.807, 2.05) is 24.3 Å². The number of hydrogen-bond acceptors (Lipinski definition) is 3. The van der Waals surface area contributed by atoms with Gasteiger partial charge in [0.15, 0.2) is 0 Å². The largest absolute Gasteiger partial charge is 0.495 e. The predicted octanol–water partition coefficient (Wildman–Crippen LogP) is 2.19. The lowest BCUT2D eigenvalue weighted by molar-refractivity contribution is 0.00459. The van der Waals surface area contributed by atoms with Crippen molar-refractivity contribution in [3.05, 3.63) is 24.3 Å². The van der Waals surface area contributed by atoms with Gasteiger partial charge in [-0.2, -0.15) is 0 Å². The van der Waals surface area contributed by atoms with Crippen molar-refractivity contribution in [2.45, 2.75) is 18.8 Å². The van der Waals surface area contributed by atoms with Crippen LogP contribution in [0.1, 0.15) is 6.42 Å². The van der Waals surface area contributed by atoms with Crippen LogP contribution in [0.4, 0.5) is 10.1 Å². The summed E-state index contributed by atoms with van der Waals surface area (Å²) in [7, 11) is 1.60. The predicted molar refractivity (Wildman–Crippen MR) is 55.9 cm³/mol. The number of halogens is 1. The van der Waals surface area contributed by atoms with Crippen molar-refractivity contribution in [3.63, 3.8) is 0 Å². The fourth-order valence-electron chi connectivity index (χ4n) is 1.66. The molecule has 3 nitrogen and oxygen atoms in total. The molecule has 1 aromatic rings. The molecule has 4 heteroatoms. The van der Waals surface area contributed by atoms with Crippen LogP contribution in [0.5, 0.6) is 5.75 Å². The third-order valence-electron chi connectivity index (χ3n) is 2.47. The molecule has 1 N–H and O–H groups in total. The maximum Gasteiger partial charge on any atom is 0.219 e. The van der Waals surface area contributed by atoms with Gasteiger partial charge in [-0.05, 0) is 18.6 Å². The Labute approximate surface area is 88.2 Å². The lowest BCUT2D eigenvalue weighted by Gasteiger charge is -2.17. The highest BCUT2D eigenvalue weighted by Crippen LogP contribution is 2.27. The fourth-order valence-corrected chi connectivity index (χ4v) is 1.66. The van der Waals surface area contributed by atoms with Crippen LogP contribution in [-0.2, 0) is 4.74 Å². The zero-order valence-electron chi connectivity index (χ0n) is 8.57. The molecule has 0 radical (unpaired) electrons. The van der Waals surface area contributed by atoms with Crippen LogP contribution in [0.2, 0.25) is 0 Å². The Morgan fingerprint density at radius 3 is 2.93 bits per heavy atom. The van der Waals surface area contributed by atoms with Gasteiger partial charge in [-0.1, -0.05) is 12.1 Å². The highest BCUT2D eigenvalue weighted by Gasteiger charge is 2.28. The lowest BCUT2D eigenvalue weighted by Crippen LogP contribution is -2.25. The number of ether oxygens (including phenoxy) is 2. The summed E-state index contributed by atoms with van der Waals surface area (Å²) >= 11 is 0. The smallest absolute Gasteiger partial charge is 0.219 e. The minimum absolute atomic E-state index is 0.277. The van der Waals surface area contributed by atoms with Crippen LogP contribution in [0.15, 0.2) is 24.3 Å². The standard InChI is InChI=1S/C11H14FNO2/c1-14-10-5-3-2-4-8(10)13-9-6-7-15-11(9)12/h2-5,9,11,13H,6-7H2,1H3. The van der Waals surface area contributed by atoms with Gasteiger partial charge in [0.2, 0.25) is 6.36 Å². The number of alkyl halides is 1. The van der Waals surface area contributed by atoms with E-state index in [9.17, 15) is 4.39 Å². The molecule has 0 spiro atoms. The number of rotatable bonds is 3. The van der Waals surface area contributed by atoms with Crippen LogP contribution < -0.4 is 10.1 Å². The van der Waals surface area contributed by atoms with E-state index in [0.29, 0.717) is 13.0 Å². The number of anilines is 1. The Hall–Kier alpha value is -1.29. The third-order valence-corrected chi connectivity index (χ3v) is 2.47. The summed E-state index contributed by atoms with van der Waals surface area (Å²) in [4.78, 5) is 0. The maximum atomic E-state index is 13.2. The van der Waals surface area contributed by atoms with Crippen molar-refractivity contribution < 1.29 is 13.9 Å². The van der Waals surface area contributed by atoms with Crippen molar-refractivity contribution in [3.8, 4) is 5.75 Å². The van der Waals surface area contributed by atoms with Crippen molar-refractivity contribution in [2.75, 3.05) is 19.0 Å². The summed E-state index contributed by atoms with van der Waals surface area (Å²) in [5.41, 5.74) is 0.804. The molecule has 0 amide bonds. The number of para-hydroxylation sites is 2. The molecular formula is C11H14FNO2. The highest BCUT2D eigenvalue weighted by atomic mass is 19.1. The Bertz CT molecular complexity index is 332. The van der Waals surface area contributed by atoms with Crippen molar-refractivity contribution >= 4 is 5.69 Å². The number of nitrogens with one attached hydrogen (secondary N) is 1. The normalized spacial score (nSPS) is 25.2. The Morgan fingerprint density at radius 2 is 2.27 bits per heavy atom. The summed E-state index contributed by atoms with van der Waals surface area (Å²) < 4.78 is 23.2. The van der Waals surface area contributed by atoms with Gasteiger partial charge in [0.25, 0.3) is 0 Å². The van der Waals surface area contributed by atoms with E-state index < -0.39 is 6.36 Å².